The molecule has 0 unspecified atom stereocenters. The van der Waals surface area contributed by atoms with Crippen molar-refractivity contribution in [1.29, 1.82) is 0 Å². The van der Waals surface area contributed by atoms with Gasteiger partial charge in [0.25, 0.3) is 0 Å². The standard InChI is InChI=1S/C18H32N4/c1-5-7-8-9-10-11-12-13-16-15(3)20-18(21-17(16)19)22(4)14-6-2/h6H,2,5,7-14H2,1,3-4H3,(H2,19,20,21). The fourth-order valence-corrected chi connectivity index (χ4v) is 2.62. The molecule has 0 amide bonds. The maximum atomic E-state index is 6.13. The van der Waals surface area contributed by atoms with E-state index in [9.17, 15) is 0 Å². The Kier molecular flexibility index (Phi) is 8.56. The van der Waals surface area contributed by atoms with Crippen LogP contribution in [-0.4, -0.2) is 23.6 Å². The van der Waals surface area contributed by atoms with Crippen LogP contribution in [0.4, 0.5) is 11.8 Å². The van der Waals surface area contributed by atoms with Gasteiger partial charge in [0.05, 0.1) is 0 Å². The van der Waals surface area contributed by atoms with Crippen LogP contribution in [0.1, 0.15) is 63.1 Å². The van der Waals surface area contributed by atoms with Gasteiger partial charge in [-0.3, -0.25) is 0 Å². The molecule has 2 N–H and O–H groups in total. The normalized spacial score (nSPS) is 10.7. The lowest BCUT2D eigenvalue weighted by atomic mass is 10.0. The molecule has 1 aromatic heterocycles. The monoisotopic (exact) mass is 304 g/mol. The molecule has 0 atom stereocenters. The first-order valence-corrected chi connectivity index (χ1v) is 8.55. The summed E-state index contributed by atoms with van der Waals surface area (Å²) >= 11 is 0. The summed E-state index contributed by atoms with van der Waals surface area (Å²) in [6.07, 6.45) is 12.0. The number of anilines is 2. The summed E-state index contributed by atoms with van der Waals surface area (Å²) in [6, 6.07) is 0. The van der Waals surface area contributed by atoms with Gasteiger partial charge in [0.2, 0.25) is 5.95 Å². The minimum atomic E-state index is 0.629. The van der Waals surface area contributed by atoms with Gasteiger partial charge in [-0.25, -0.2) is 4.98 Å². The topological polar surface area (TPSA) is 55.0 Å². The van der Waals surface area contributed by atoms with Crippen molar-refractivity contribution in [2.45, 2.75) is 65.2 Å². The minimum absolute atomic E-state index is 0.629. The molecular formula is C18H32N4. The first-order valence-electron chi connectivity index (χ1n) is 8.55. The van der Waals surface area contributed by atoms with Gasteiger partial charge in [-0.1, -0.05) is 51.5 Å². The van der Waals surface area contributed by atoms with Crippen LogP contribution in [-0.2, 0) is 6.42 Å². The molecule has 1 aromatic rings. The lowest BCUT2D eigenvalue weighted by molar-refractivity contribution is 0.588. The number of unbranched alkanes of at least 4 members (excludes halogenated alkanes) is 6. The number of hydrogen-bond donors (Lipinski definition) is 1. The number of likely N-dealkylation sites (N-methyl/N-ethyl adjacent to an activating group) is 1. The fraction of sp³-hybridized carbons (Fsp3) is 0.667. The highest BCUT2D eigenvalue weighted by Gasteiger charge is 2.11. The van der Waals surface area contributed by atoms with E-state index in [0.29, 0.717) is 11.8 Å². The maximum absolute atomic E-state index is 6.13. The first kappa shape index (κ1) is 18.5. The van der Waals surface area contributed by atoms with E-state index < -0.39 is 0 Å². The van der Waals surface area contributed by atoms with E-state index in [1.807, 2.05) is 24.9 Å². The number of nitrogens with two attached hydrogens (primary N) is 1. The van der Waals surface area contributed by atoms with Gasteiger partial charge >= 0.3 is 0 Å². The van der Waals surface area contributed by atoms with E-state index in [0.717, 1.165) is 24.2 Å². The zero-order chi connectivity index (χ0) is 16.4. The molecule has 0 aliphatic rings. The molecule has 0 aromatic carbocycles. The molecule has 4 heteroatoms. The highest BCUT2D eigenvalue weighted by Crippen LogP contribution is 2.20. The van der Waals surface area contributed by atoms with Gasteiger partial charge in [-0.2, -0.15) is 4.98 Å². The van der Waals surface area contributed by atoms with Crippen molar-refractivity contribution in [3.63, 3.8) is 0 Å². The Morgan fingerprint density at radius 1 is 1.09 bits per heavy atom. The summed E-state index contributed by atoms with van der Waals surface area (Å²) in [5.74, 6) is 1.31. The van der Waals surface area contributed by atoms with Gasteiger partial charge in [0.15, 0.2) is 0 Å². The van der Waals surface area contributed by atoms with E-state index in [4.69, 9.17) is 5.73 Å². The molecular weight excluding hydrogens is 272 g/mol. The predicted octanol–water partition coefficient (Wildman–Crippen LogP) is 4.28. The average molecular weight is 304 g/mol. The number of nitrogen functional groups attached to an aromatic ring is 1. The second kappa shape index (κ2) is 10.2. The lowest BCUT2D eigenvalue weighted by Gasteiger charge is -2.17. The molecule has 0 aliphatic heterocycles. The largest absolute Gasteiger partial charge is 0.383 e. The zero-order valence-corrected chi connectivity index (χ0v) is 14.6. The maximum Gasteiger partial charge on any atom is 0.227 e. The van der Waals surface area contributed by atoms with Crippen LogP contribution < -0.4 is 10.6 Å². The van der Waals surface area contributed by atoms with Crippen LogP contribution in [0.25, 0.3) is 0 Å². The summed E-state index contributed by atoms with van der Waals surface area (Å²) in [6.45, 7) is 8.73. The summed E-state index contributed by atoms with van der Waals surface area (Å²) in [4.78, 5) is 11.0. The van der Waals surface area contributed by atoms with E-state index >= 15 is 0 Å². The van der Waals surface area contributed by atoms with Crippen LogP contribution in [0.3, 0.4) is 0 Å². The number of rotatable bonds is 11. The average Bonchev–Trinajstić information content (AvgIpc) is 2.48. The Labute approximate surface area is 135 Å². The van der Waals surface area contributed by atoms with Gasteiger partial charge in [0, 0.05) is 24.8 Å². The number of hydrogen-bond acceptors (Lipinski definition) is 4. The molecule has 0 saturated heterocycles. The smallest absolute Gasteiger partial charge is 0.227 e. The second-order valence-electron chi connectivity index (χ2n) is 6.01. The second-order valence-corrected chi connectivity index (χ2v) is 6.01. The highest BCUT2D eigenvalue weighted by atomic mass is 15.2. The third-order valence-electron chi connectivity index (χ3n) is 4.01. The van der Waals surface area contributed by atoms with Gasteiger partial charge in [-0.15, -0.1) is 6.58 Å². The number of aryl methyl sites for hydroxylation is 1. The molecule has 124 valence electrons. The Balaban J connectivity index is 2.48. The SMILES string of the molecule is C=CCN(C)c1nc(C)c(CCCCCCCCC)c(N)n1. The van der Waals surface area contributed by atoms with Crippen LogP contribution in [0.2, 0.25) is 0 Å². The van der Waals surface area contributed by atoms with Gasteiger partial charge < -0.3 is 10.6 Å². The molecule has 0 aliphatic carbocycles. The van der Waals surface area contributed by atoms with Crippen molar-refractivity contribution >= 4 is 11.8 Å². The van der Waals surface area contributed by atoms with E-state index in [1.165, 1.54) is 44.9 Å². The molecule has 0 bridgehead atoms. The Morgan fingerprint density at radius 3 is 2.32 bits per heavy atom. The first-order chi connectivity index (χ1) is 10.6. The molecule has 1 heterocycles. The van der Waals surface area contributed by atoms with Crippen molar-refractivity contribution in [3.8, 4) is 0 Å². The minimum Gasteiger partial charge on any atom is -0.383 e. The molecule has 0 radical (unpaired) electrons. The van der Waals surface area contributed by atoms with Crippen molar-refractivity contribution in [2.75, 3.05) is 24.2 Å². The quantitative estimate of drug-likeness (QED) is 0.489. The third-order valence-corrected chi connectivity index (χ3v) is 4.01. The van der Waals surface area contributed by atoms with Crippen molar-refractivity contribution < 1.29 is 0 Å². The van der Waals surface area contributed by atoms with Gasteiger partial charge in [0.1, 0.15) is 5.82 Å². The molecule has 4 nitrogen and oxygen atoms in total. The summed E-state index contributed by atoms with van der Waals surface area (Å²) in [5, 5.41) is 0. The van der Waals surface area contributed by atoms with Crippen LogP contribution >= 0.6 is 0 Å². The summed E-state index contributed by atoms with van der Waals surface area (Å²) in [7, 11) is 1.95. The molecule has 0 fully saturated rings. The Hall–Kier alpha value is -1.58. The molecule has 0 saturated carbocycles. The fourth-order valence-electron chi connectivity index (χ4n) is 2.62. The van der Waals surface area contributed by atoms with Crippen molar-refractivity contribution in [2.24, 2.45) is 0 Å². The third kappa shape index (κ3) is 6.04. The zero-order valence-electron chi connectivity index (χ0n) is 14.6. The van der Waals surface area contributed by atoms with Crippen molar-refractivity contribution in [1.82, 2.24) is 9.97 Å². The van der Waals surface area contributed by atoms with Gasteiger partial charge in [-0.05, 0) is 19.8 Å². The molecule has 0 spiro atoms. The van der Waals surface area contributed by atoms with Crippen molar-refractivity contribution in [3.05, 3.63) is 23.9 Å². The Morgan fingerprint density at radius 2 is 1.73 bits per heavy atom. The van der Waals surface area contributed by atoms with E-state index in [-0.39, 0.29) is 0 Å². The Bertz CT molecular complexity index is 433. The molecule has 1 rings (SSSR count). The summed E-state index contributed by atoms with van der Waals surface area (Å²) in [5.41, 5.74) is 8.25. The van der Waals surface area contributed by atoms with Crippen LogP contribution in [0.5, 0.6) is 0 Å². The summed E-state index contributed by atoms with van der Waals surface area (Å²) < 4.78 is 0. The van der Waals surface area contributed by atoms with Crippen LogP contribution in [0, 0.1) is 6.92 Å². The van der Waals surface area contributed by atoms with E-state index in [1.54, 1.807) is 0 Å². The van der Waals surface area contributed by atoms with Crippen LogP contribution in [0.15, 0.2) is 12.7 Å². The highest BCUT2D eigenvalue weighted by molar-refractivity contribution is 5.47. The van der Waals surface area contributed by atoms with E-state index in [2.05, 4.69) is 23.5 Å². The number of aromatic nitrogens is 2. The predicted molar refractivity (Wildman–Crippen MR) is 96.3 cm³/mol. The lowest BCUT2D eigenvalue weighted by Crippen LogP contribution is -2.21. The number of nitrogens with zero attached hydrogens (tertiary/aromatic N) is 3. The molecule has 22 heavy (non-hydrogen) atoms.